The standard InChI is InChI=1S/C25H48N6O9/c1-25(37)11-38-24(19(35)22(25)29-2)40-21-15(31-23(36)16(33)9-26)8-14(28)17(18(21)34)20-13(27)5-4-12(39-20)10-30-6-3-7-32/h4,13-22,24,29-30,32-35,37H,3,5-11,26-28H2,1-2H3,(H,31,36)/t13-,14+,15-,16+,17?,18+,19-,20+,21+,22-,24-,25+/m1/s1. The normalized spacial score (nSPS) is 41.1. The van der Waals surface area contributed by atoms with E-state index in [1.54, 1.807) is 7.05 Å². The average molecular weight is 577 g/mol. The summed E-state index contributed by atoms with van der Waals surface area (Å²) in [6, 6.07) is -2.86. The van der Waals surface area contributed by atoms with Crippen molar-refractivity contribution in [2.45, 2.75) is 92.8 Å². The highest BCUT2D eigenvalue weighted by Gasteiger charge is 2.53. The van der Waals surface area contributed by atoms with Crippen LogP contribution in [0, 0.1) is 5.92 Å². The van der Waals surface area contributed by atoms with Crippen molar-refractivity contribution in [2.24, 2.45) is 23.1 Å². The van der Waals surface area contributed by atoms with E-state index in [1.165, 1.54) is 6.92 Å². The summed E-state index contributed by atoms with van der Waals surface area (Å²) in [5.74, 6) is -0.851. The molecular formula is C25H48N6O9. The molecule has 15 nitrogen and oxygen atoms in total. The molecule has 0 radical (unpaired) electrons. The summed E-state index contributed by atoms with van der Waals surface area (Å²) in [4.78, 5) is 12.5. The number of nitrogens with one attached hydrogen (secondary N) is 3. The summed E-state index contributed by atoms with van der Waals surface area (Å²) in [5.41, 5.74) is 17.0. The molecule has 2 heterocycles. The number of hydrogen-bond acceptors (Lipinski definition) is 14. The highest BCUT2D eigenvalue weighted by atomic mass is 16.7. The molecule has 0 bridgehead atoms. The van der Waals surface area contributed by atoms with Crippen molar-refractivity contribution in [1.82, 2.24) is 16.0 Å². The third-order valence-corrected chi connectivity index (χ3v) is 7.95. The zero-order chi connectivity index (χ0) is 29.6. The maximum Gasteiger partial charge on any atom is 0.250 e. The lowest BCUT2D eigenvalue weighted by Gasteiger charge is -2.50. The lowest BCUT2D eigenvalue weighted by molar-refractivity contribution is -0.297. The lowest BCUT2D eigenvalue weighted by atomic mass is 9.72. The van der Waals surface area contributed by atoms with Crippen LogP contribution in [-0.2, 0) is 19.0 Å². The van der Waals surface area contributed by atoms with Crippen LogP contribution in [0.4, 0.5) is 0 Å². The summed E-state index contributed by atoms with van der Waals surface area (Å²) in [7, 11) is 1.58. The van der Waals surface area contributed by atoms with Crippen LogP contribution in [0.5, 0.6) is 0 Å². The molecule has 0 aromatic carbocycles. The first-order valence-corrected chi connectivity index (χ1v) is 13.8. The van der Waals surface area contributed by atoms with Gasteiger partial charge < -0.3 is 72.9 Å². The maximum absolute atomic E-state index is 12.5. The predicted molar refractivity (Wildman–Crippen MR) is 143 cm³/mol. The SMILES string of the molecule is CN[C@@H]1[C@@H](O)[C@@H](O[C@H]2[C@H](NC(=O)[C@@H](O)CN)C[C@H](N)C([C@H]3OC(CNCCCO)=CC[C@H]3N)[C@@H]2O)OC[C@]1(C)O. The molecule has 1 saturated carbocycles. The number of ether oxygens (including phenoxy) is 3. The van der Waals surface area contributed by atoms with Gasteiger partial charge in [-0.05, 0) is 45.9 Å². The van der Waals surface area contributed by atoms with Crippen LogP contribution in [0.1, 0.15) is 26.2 Å². The highest BCUT2D eigenvalue weighted by Crippen LogP contribution is 2.36. The third-order valence-electron chi connectivity index (χ3n) is 7.95. The number of carbonyl (C=O) groups excluding carboxylic acids is 1. The molecule has 14 N–H and O–H groups in total. The highest BCUT2D eigenvalue weighted by molar-refractivity contribution is 5.81. The van der Waals surface area contributed by atoms with Crippen LogP contribution in [0.15, 0.2) is 11.8 Å². The molecule has 0 spiro atoms. The molecule has 2 aliphatic heterocycles. The number of nitrogens with two attached hydrogens (primary N) is 3. The summed E-state index contributed by atoms with van der Waals surface area (Å²) >= 11 is 0. The molecule has 0 aromatic heterocycles. The Morgan fingerprint density at radius 1 is 1.27 bits per heavy atom. The largest absolute Gasteiger partial charge is 0.492 e. The smallest absolute Gasteiger partial charge is 0.250 e. The number of aliphatic hydroxyl groups excluding tert-OH is 4. The molecule has 3 rings (SSSR count). The van der Waals surface area contributed by atoms with Gasteiger partial charge in [-0.25, -0.2) is 0 Å². The summed E-state index contributed by atoms with van der Waals surface area (Å²) in [6.45, 7) is 2.11. The minimum Gasteiger partial charge on any atom is -0.492 e. The first kappa shape index (κ1) is 33.0. The first-order chi connectivity index (χ1) is 18.9. The molecule has 232 valence electrons. The number of aliphatic hydroxyl groups is 5. The van der Waals surface area contributed by atoms with E-state index in [9.17, 15) is 25.2 Å². The van der Waals surface area contributed by atoms with Gasteiger partial charge in [-0.3, -0.25) is 4.79 Å². The predicted octanol–water partition coefficient (Wildman–Crippen LogP) is -5.09. The van der Waals surface area contributed by atoms with Crippen molar-refractivity contribution >= 4 is 5.91 Å². The Labute approximate surface area is 234 Å². The Morgan fingerprint density at radius 2 is 2.00 bits per heavy atom. The zero-order valence-corrected chi connectivity index (χ0v) is 23.2. The Hall–Kier alpha value is -1.47. The van der Waals surface area contributed by atoms with Crippen molar-refractivity contribution in [2.75, 3.05) is 39.9 Å². The van der Waals surface area contributed by atoms with E-state index in [0.29, 0.717) is 31.7 Å². The fraction of sp³-hybridized carbons (Fsp3) is 0.880. The van der Waals surface area contributed by atoms with Gasteiger partial charge in [0.15, 0.2) is 6.29 Å². The Bertz CT molecular complexity index is 852. The Morgan fingerprint density at radius 3 is 2.65 bits per heavy atom. The molecule has 15 heteroatoms. The van der Waals surface area contributed by atoms with Crippen molar-refractivity contribution < 1.29 is 44.5 Å². The quantitative estimate of drug-likeness (QED) is 0.0972. The molecule has 1 aliphatic carbocycles. The van der Waals surface area contributed by atoms with Gasteiger partial charge in [-0.2, -0.15) is 0 Å². The number of rotatable bonds is 12. The van der Waals surface area contributed by atoms with Crippen LogP contribution >= 0.6 is 0 Å². The fourth-order valence-electron chi connectivity index (χ4n) is 5.76. The van der Waals surface area contributed by atoms with Gasteiger partial charge in [-0.15, -0.1) is 0 Å². The minimum atomic E-state index is -1.48. The first-order valence-electron chi connectivity index (χ1n) is 13.8. The van der Waals surface area contributed by atoms with Crippen molar-refractivity contribution in [3.63, 3.8) is 0 Å². The minimum absolute atomic E-state index is 0.0664. The van der Waals surface area contributed by atoms with Gasteiger partial charge in [-0.1, -0.05) is 0 Å². The molecule has 0 aromatic rings. The van der Waals surface area contributed by atoms with E-state index in [-0.39, 0.29) is 26.2 Å². The summed E-state index contributed by atoms with van der Waals surface area (Å²) in [6.07, 6.45) is -4.16. The van der Waals surface area contributed by atoms with E-state index in [0.717, 1.165) is 0 Å². The number of likely N-dealkylation sites (N-methyl/N-ethyl adjacent to an activating group) is 1. The molecule has 1 unspecified atom stereocenters. The van der Waals surface area contributed by atoms with Gasteiger partial charge in [0.2, 0.25) is 5.91 Å². The zero-order valence-electron chi connectivity index (χ0n) is 23.2. The number of carbonyl (C=O) groups is 1. The molecule has 1 saturated heterocycles. The van der Waals surface area contributed by atoms with E-state index >= 15 is 0 Å². The molecule has 3 aliphatic rings. The van der Waals surface area contributed by atoms with Gasteiger partial charge in [0, 0.05) is 31.2 Å². The molecule has 12 atom stereocenters. The maximum atomic E-state index is 12.5. The summed E-state index contributed by atoms with van der Waals surface area (Å²) in [5, 5.41) is 60.9. The molecule has 40 heavy (non-hydrogen) atoms. The van der Waals surface area contributed by atoms with Gasteiger partial charge >= 0.3 is 0 Å². The van der Waals surface area contributed by atoms with Crippen LogP contribution in [0.2, 0.25) is 0 Å². The van der Waals surface area contributed by atoms with Crippen LogP contribution in [0.3, 0.4) is 0 Å². The second kappa shape index (κ2) is 14.6. The molecule has 2 fully saturated rings. The lowest BCUT2D eigenvalue weighted by Crippen LogP contribution is -2.69. The summed E-state index contributed by atoms with van der Waals surface area (Å²) < 4.78 is 18.0. The molecule has 1 amide bonds. The third kappa shape index (κ3) is 7.67. The van der Waals surface area contributed by atoms with Crippen LogP contribution in [-0.4, -0.2) is 138 Å². The van der Waals surface area contributed by atoms with Gasteiger partial charge in [0.05, 0.1) is 31.3 Å². The Kier molecular flexibility index (Phi) is 12.1. The number of hydrogen-bond donors (Lipinski definition) is 11. The van der Waals surface area contributed by atoms with E-state index < -0.39 is 78.4 Å². The van der Waals surface area contributed by atoms with Crippen molar-refractivity contribution in [3.8, 4) is 0 Å². The van der Waals surface area contributed by atoms with Crippen LogP contribution < -0.4 is 33.2 Å². The number of amides is 1. The second-order valence-electron chi connectivity index (χ2n) is 11.1. The van der Waals surface area contributed by atoms with E-state index in [1.807, 2.05) is 6.08 Å². The van der Waals surface area contributed by atoms with Crippen molar-refractivity contribution in [3.05, 3.63) is 11.8 Å². The monoisotopic (exact) mass is 576 g/mol. The second-order valence-corrected chi connectivity index (χ2v) is 11.1. The topological polar surface area (TPSA) is 260 Å². The van der Waals surface area contributed by atoms with Crippen LogP contribution in [0.25, 0.3) is 0 Å². The fourth-order valence-corrected chi connectivity index (χ4v) is 5.76. The van der Waals surface area contributed by atoms with Crippen molar-refractivity contribution in [1.29, 1.82) is 0 Å². The van der Waals surface area contributed by atoms with E-state index in [2.05, 4.69) is 16.0 Å². The van der Waals surface area contributed by atoms with Gasteiger partial charge in [0.1, 0.15) is 35.8 Å². The molecular weight excluding hydrogens is 528 g/mol. The van der Waals surface area contributed by atoms with E-state index in [4.69, 9.17) is 36.5 Å². The van der Waals surface area contributed by atoms with Gasteiger partial charge in [0.25, 0.3) is 0 Å². The average Bonchev–Trinajstić information content (AvgIpc) is 2.91. The Balaban J connectivity index is 1.83.